The lowest BCUT2D eigenvalue weighted by Gasteiger charge is -2.10. The third-order valence-electron chi connectivity index (χ3n) is 4.71. The topological polar surface area (TPSA) is 95.3 Å². The Morgan fingerprint density at radius 1 is 1.03 bits per heavy atom. The van der Waals surface area contributed by atoms with E-state index in [4.69, 9.17) is 9.47 Å². The molecule has 0 saturated carbocycles. The Bertz CT molecular complexity index is 1150. The Morgan fingerprint density at radius 2 is 1.76 bits per heavy atom. The van der Waals surface area contributed by atoms with Gasteiger partial charge in [0, 0.05) is 11.6 Å². The monoisotopic (exact) mass is 392 g/mol. The van der Waals surface area contributed by atoms with Crippen LogP contribution < -0.4 is 14.8 Å². The second-order valence-electron chi connectivity index (χ2n) is 6.97. The van der Waals surface area contributed by atoms with Crippen molar-refractivity contribution in [2.24, 2.45) is 0 Å². The van der Waals surface area contributed by atoms with E-state index in [1.54, 1.807) is 19.1 Å². The van der Waals surface area contributed by atoms with Gasteiger partial charge in [-0.15, -0.1) is 5.10 Å². The van der Waals surface area contributed by atoms with E-state index in [2.05, 4.69) is 15.5 Å². The Labute approximate surface area is 167 Å². The van der Waals surface area contributed by atoms with Crippen LogP contribution in [0.1, 0.15) is 44.6 Å². The minimum atomic E-state index is -0.458. The largest absolute Gasteiger partial charge is 0.454 e. The van der Waals surface area contributed by atoms with Crippen molar-refractivity contribution in [3.63, 3.8) is 0 Å². The number of nitrogens with zero attached hydrogens (tertiary/aromatic N) is 3. The zero-order valence-corrected chi connectivity index (χ0v) is 16.6. The van der Waals surface area contributed by atoms with Crippen molar-refractivity contribution < 1.29 is 19.1 Å². The fourth-order valence-corrected chi connectivity index (χ4v) is 3.24. The number of carbonyl (C=O) groups excluding carboxylic acids is 2. The quantitative estimate of drug-likeness (QED) is 0.684. The first-order valence-corrected chi connectivity index (χ1v) is 9.11. The zero-order valence-electron chi connectivity index (χ0n) is 16.6. The maximum Gasteiger partial charge on any atom is 0.278 e. The van der Waals surface area contributed by atoms with Crippen LogP contribution in [0.15, 0.2) is 30.3 Å². The molecule has 0 atom stereocenters. The van der Waals surface area contributed by atoms with Crippen molar-refractivity contribution in [1.29, 1.82) is 0 Å². The molecule has 8 nitrogen and oxygen atoms in total. The second kappa shape index (κ2) is 7.05. The van der Waals surface area contributed by atoms with Gasteiger partial charge in [-0.25, -0.2) is 0 Å². The molecule has 4 rings (SSSR count). The lowest BCUT2D eigenvalue weighted by Crippen LogP contribution is -2.16. The maximum atomic E-state index is 12.9. The van der Waals surface area contributed by atoms with Crippen molar-refractivity contribution in [2.75, 3.05) is 12.1 Å². The lowest BCUT2D eigenvalue weighted by molar-refractivity contribution is 0.101. The number of fused-ring (bicyclic) bond motifs is 1. The number of benzene rings is 2. The Morgan fingerprint density at radius 3 is 2.45 bits per heavy atom. The highest BCUT2D eigenvalue weighted by molar-refractivity contribution is 6.09. The molecule has 29 heavy (non-hydrogen) atoms. The van der Waals surface area contributed by atoms with Crippen LogP contribution in [-0.4, -0.2) is 33.5 Å². The molecular formula is C21H20N4O4. The number of ether oxygens (including phenoxy) is 2. The summed E-state index contributed by atoms with van der Waals surface area (Å²) in [5.74, 6) is 0.292. The smallest absolute Gasteiger partial charge is 0.278 e. The van der Waals surface area contributed by atoms with Gasteiger partial charge in [-0.2, -0.15) is 9.90 Å². The summed E-state index contributed by atoms with van der Waals surface area (Å²) >= 11 is 0. The molecule has 2 heterocycles. The van der Waals surface area contributed by atoms with Crippen LogP contribution >= 0.6 is 0 Å². The van der Waals surface area contributed by atoms with Gasteiger partial charge >= 0.3 is 0 Å². The molecule has 0 spiro atoms. The van der Waals surface area contributed by atoms with E-state index in [1.165, 1.54) is 11.7 Å². The van der Waals surface area contributed by atoms with Gasteiger partial charge in [0.2, 0.25) is 6.79 Å². The van der Waals surface area contributed by atoms with Crippen LogP contribution in [0.2, 0.25) is 0 Å². The van der Waals surface area contributed by atoms with Crippen molar-refractivity contribution in [1.82, 2.24) is 15.0 Å². The molecule has 0 unspecified atom stereocenters. The molecule has 1 amide bonds. The standard InChI is InChI=1S/C21H20N4O4/c1-11-5-6-17(12(2)7-11)25-23-13(3)20(24-25)21(27)22-16-9-19-18(28-10-29-19)8-15(16)14(4)26/h5-9H,10H2,1-4H3,(H,22,27). The van der Waals surface area contributed by atoms with Gasteiger partial charge in [-0.1, -0.05) is 17.7 Å². The number of aromatic nitrogens is 3. The summed E-state index contributed by atoms with van der Waals surface area (Å²) in [7, 11) is 0. The second-order valence-corrected chi connectivity index (χ2v) is 6.97. The van der Waals surface area contributed by atoms with Gasteiger partial charge in [-0.3, -0.25) is 9.59 Å². The molecular weight excluding hydrogens is 372 g/mol. The molecule has 3 aromatic rings. The third-order valence-corrected chi connectivity index (χ3v) is 4.71. The first-order chi connectivity index (χ1) is 13.8. The van der Waals surface area contributed by atoms with Crippen LogP contribution in [-0.2, 0) is 0 Å². The first kappa shape index (κ1) is 18.7. The van der Waals surface area contributed by atoms with E-state index in [-0.39, 0.29) is 18.3 Å². The molecule has 0 saturated heterocycles. The molecule has 2 aromatic carbocycles. The molecule has 1 N–H and O–H groups in total. The fraction of sp³-hybridized carbons (Fsp3) is 0.238. The summed E-state index contributed by atoms with van der Waals surface area (Å²) in [5, 5.41) is 11.5. The van der Waals surface area contributed by atoms with Crippen molar-refractivity contribution in [3.05, 3.63) is 58.4 Å². The van der Waals surface area contributed by atoms with E-state index in [0.29, 0.717) is 28.4 Å². The number of hydrogen-bond donors (Lipinski definition) is 1. The normalized spacial score (nSPS) is 12.1. The first-order valence-electron chi connectivity index (χ1n) is 9.11. The van der Waals surface area contributed by atoms with Gasteiger partial charge in [0.05, 0.1) is 17.1 Å². The highest BCUT2D eigenvalue weighted by atomic mass is 16.7. The zero-order chi connectivity index (χ0) is 20.7. The number of amides is 1. The summed E-state index contributed by atoms with van der Waals surface area (Å²) in [6.45, 7) is 7.19. The lowest BCUT2D eigenvalue weighted by atomic mass is 10.1. The number of hydrogen-bond acceptors (Lipinski definition) is 6. The Hall–Kier alpha value is -3.68. The van der Waals surface area contributed by atoms with E-state index < -0.39 is 5.91 Å². The average Bonchev–Trinajstić information content (AvgIpc) is 3.26. The van der Waals surface area contributed by atoms with E-state index in [1.807, 2.05) is 32.0 Å². The Kier molecular flexibility index (Phi) is 4.54. The number of Topliss-reactive ketones (excluding diaryl/α,β-unsaturated/α-hetero) is 1. The van der Waals surface area contributed by atoms with E-state index in [0.717, 1.165) is 16.8 Å². The van der Waals surface area contributed by atoms with Crippen LogP contribution in [0.3, 0.4) is 0 Å². The summed E-state index contributed by atoms with van der Waals surface area (Å²) in [6, 6.07) is 9.06. The summed E-state index contributed by atoms with van der Waals surface area (Å²) in [5.41, 5.74) is 4.26. The number of ketones is 1. The number of aryl methyl sites for hydroxylation is 3. The van der Waals surface area contributed by atoms with Crippen molar-refractivity contribution in [2.45, 2.75) is 27.7 Å². The van der Waals surface area contributed by atoms with Gasteiger partial charge in [0.1, 0.15) is 0 Å². The van der Waals surface area contributed by atoms with Crippen molar-refractivity contribution in [3.8, 4) is 17.2 Å². The SMILES string of the molecule is CC(=O)c1cc2c(cc1NC(=O)c1nn(-c3ccc(C)cc3C)nc1C)OCO2. The average molecular weight is 392 g/mol. The summed E-state index contributed by atoms with van der Waals surface area (Å²) < 4.78 is 10.7. The van der Waals surface area contributed by atoms with Crippen LogP contribution in [0.5, 0.6) is 11.5 Å². The highest BCUT2D eigenvalue weighted by Gasteiger charge is 2.23. The third kappa shape index (κ3) is 3.44. The molecule has 148 valence electrons. The van der Waals surface area contributed by atoms with Crippen LogP contribution in [0.4, 0.5) is 5.69 Å². The molecule has 1 aliphatic heterocycles. The van der Waals surface area contributed by atoms with Crippen LogP contribution in [0, 0.1) is 20.8 Å². The Balaban J connectivity index is 1.66. The molecule has 0 bridgehead atoms. The summed E-state index contributed by atoms with van der Waals surface area (Å²) in [4.78, 5) is 26.4. The number of anilines is 1. The molecule has 0 fully saturated rings. The number of carbonyl (C=O) groups is 2. The van der Waals surface area contributed by atoms with Gasteiger partial charge in [0.15, 0.2) is 23.0 Å². The van der Waals surface area contributed by atoms with Crippen molar-refractivity contribution >= 4 is 17.4 Å². The predicted octanol–water partition coefficient (Wildman–Crippen LogP) is 3.38. The van der Waals surface area contributed by atoms with Gasteiger partial charge in [0.25, 0.3) is 5.91 Å². The fourth-order valence-electron chi connectivity index (χ4n) is 3.24. The predicted molar refractivity (Wildman–Crippen MR) is 106 cm³/mol. The van der Waals surface area contributed by atoms with E-state index >= 15 is 0 Å². The van der Waals surface area contributed by atoms with Gasteiger partial charge < -0.3 is 14.8 Å². The molecule has 1 aliphatic rings. The van der Waals surface area contributed by atoms with E-state index in [9.17, 15) is 9.59 Å². The molecule has 0 radical (unpaired) electrons. The summed E-state index contributed by atoms with van der Waals surface area (Å²) in [6.07, 6.45) is 0. The molecule has 1 aromatic heterocycles. The van der Waals surface area contributed by atoms with Gasteiger partial charge in [-0.05, 0) is 45.4 Å². The molecule has 8 heteroatoms. The number of nitrogens with one attached hydrogen (secondary N) is 1. The minimum absolute atomic E-state index is 0.0768. The maximum absolute atomic E-state index is 12.9. The molecule has 0 aliphatic carbocycles. The minimum Gasteiger partial charge on any atom is -0.454 e. The highest BCUT2D eigenvalue weighted by Crippen LogP contribution is 2.37. The number of rotatable bonds is 4. The van der Waals surface area contributed by atoms with Crippen LogP contribution in [0.25, 0.3) is 5.69 Å².